The van der Waals surface area contributed by atoms with Crippen molar-refractivity contribution in [1.82, 2.24) is 5.32 Å². The summed E-state index contributed by atoms with van der Waals surface area (Å²) < 4.78 is 4.90. The number of para-hydroxylation sites is 1. The first-order chi connectivity index (χ1) is 10.7. The number of rotatable bonds is 8. The number of carbonyl (C=O) groups is 1. The Morgan fingerprint density at radius 1 is 1.32 bits per heavy atom. The van der Waals surface area contributed by atoms with Crippen LogP contribution in [0.25, 0.3) is 0 Å². The number of hydrogen-bond donors (Lipinski definition) is 2. The van der Waals surface area contributed by atoms with Crippen molar-refractivity contribution in [3.8, 4) is 6.07 Å². The molecule has 0 heterocycles. The fourth-order valence-electron chi connectivity index (χ4n) is 2.07. The summed E-state index contributed by atoms with van der Waals surface area (Å²) >= 11 is 0. The second-order valence-electron chi connectivity index (χ2n) is 4.73. The SMILES string of the molecule is CCc1cccc(CC)c1NC(=O)/C(C#N)=C\NCCOC. The first-order valence-corrected chi connectivity index (χ1v) is 7.42. The Labute approximate surface area is 132 Å². The zero-order valence-corrected chi connectivity index (χ0v) is 13.4. The van der Waals surface area contributed by atoms with Gasteiger partial charge in [-0.2, -0.15) is 5.26 Å². The van der Waals surface area contributed by atoms with Crippen molar-refractivity contribution in [3.63, 3.8) is 0 Å². The molecule has 0 fully saturated rings. The monoisotopic (exact) mass is 301 g/mol. The third-order valence-electron chi connectivity index (χ3n) is 3.30. The quantitative estimate of drug-likeness (QED) is 0.439. The van der Waals surface area contributed by atoms with Crippen LogP contribution in [0, 0.1) is 11.3 Å². The van der Waals surface area contributed by atoms with Crippen molar-refractivity contribution in [1.29, 1.82) is 5.26 Å². The predicted molar refractivity (Wildman–Crippen MR) is 87.4 cm³/mol. The number of nitrogens with one attached hydrogen (secondary N) is 2. The van der Waals surface area contributed by atoms with E-state index in [1.165, 1.54) is 6.20 Å². The Morgan fingerprint density at radius 3 is 2.45 bits per heavy atom. The van der Waals surface area contributed by atoms with Gasteiger partial charge in [-0.3, -0.25) is 4.79 Å². The van der Waals surface area contributed by atoms with Crippen LogP contribution in [0.3, 0.4) is 0 Å². The molecule has 0 aromatic heterocycles. The van der Waals surface area contributed by atoms with E-state index in [0.29, 0.717) is 13.2 Å². The van der Waals surface area contributed by atoms with E-state index < -0.39 is 5.91 Å². The molecule has 0 aliphatic heterocycles. The van der Waals surface area contributed by atoms with E-state index in [9.17, 15) is 4.79 Å². The van der Waals surface area contributed by atoms with Crippen LogP contribution < -0.4 is 10.6 Å². The summed E-state index contributed by atoms with van der Waals surface area (Å²) in [4.78, 5) is 12.3. The number of anilines is 1. The first kappa shape index (κ1) is 17.7. The van der Waals surface area contributed by atoms with Gasteiger partial charge in [-0.05, 0) is 24.0 Å². The van der Waals surface area contributed by atoms with Gasteiger partial charge < -0.3 is 15.4 Å². The first-order valence-electron chi connectivity index (χ1n) is 7.42. The van der Waals surface area contributed by atoms with Gasteiger partial charge in [-0.25, -0.2) is 0 Å². The van der Waals surface area contributed by atoms with Crippen molar-refractivity contribution in [2.45, 2.75) is 26.7 Å². The lowest BCUT2D eigenvalue weighted by Gasteiger charge is -2.14. The van der Waals surface area contributed by atoms with Crippen LogP contribution in [0.1, 0.15) is 25.0 Å². The van der Waals surface area contributed by atoms with Gasteiger partial charge in [0, 0.05) is 25.5 Å². The summed E-state index contributed by atoms with van der Waals surface area (Å²) in [6.45, 7) is 5.13. The zero-order valence-electron chi connectivity index (χ0n) is 13.4. The third-order valence-corrected chi connectivity index (χ3v) is 3.30. The maximum atomic E-state index is 12.3. The van der Waals surface area contributed by atoms with Crippen molar-refractivity contribution in [2.75, 3.05) is 25.6 Å². The molecule has 2 N–H and O–H groups in total. The summed E-state index contributed by atoms with van der Waals surface area (Å²) in [5, 5.41) is 14.9. The molecule has 0 radical (unpaired) electrons. The van der Waals surface area contributed by atoms with Gasteiger partial charge in [-0.1, -0.05) is 32.0 Å². The van der Waals surface area contributed by atoms with Crippen molar-refractivity contribution >= 4 is 11.6 Å². The van der Waals surface area contributed by atoms with E-state index >= 15 is 0 Å². The number of methoxy groups -OCH3 is 1. The Kier molecular flexibility index (Phi) is 7.73. The number of nitriles is 1. The third kappa shape index (κ3) is 4.90. The highest BCUT2D eigenvalue weighted by Crippen LogP contribution is 2.23. The fraction of sp³-hybridized carbons (Fsp3) is 0.412. The molecule has 0 saturated heterocycles. The van der Waals surface area contributed by atoms with Crippen LogP contribution in [0.4, 0.5) is 5.69 Å². The van der Waals surface area contributed by atoms with Gasteiger partial charge in [-0.15, -0.1) is 0 Å². The highest BCUT2D eigenvalue weighted by Gasteiger charge is 2.13. The molecule has 0 bridgehead atoms. The molecule has 0 aliphatic rings. The smallest absolute Gasteiger partial charge is 0.267 e. The summed E-state index contributed by atoms with van der Waals surface area (Å²) in [5.41, 5.74) is 2.99. The average molecular weight is 301 g/mol. The zero-order chi connectivity index (χ0) is 16.4. The molecular formula is C17H23N3O2. The highest BCUT2D eigenvalue weighted by atomic mass is 16.5. The normalized spacial score (nSPS) is 10.9. The van der Waals surface area contributed by atoms with Crippen molar-refractivity contribution in [3.05, 3.63) is 41.1 Å². The molecule has 0 spiro atoms. The van der Waals surface area contributed by atoms with Crippen LogP contribution >= 0.6 is 0 Å². The second-order valence-corrected chi connectivity index (χ2v) is 4.73. The van der Waals surface area contributed by atoms with Gasteiger partial charge >= 0.3 is 0 Å². The maximum absolute atomic E-state index is 12.3. The molecule has 1 aromatic rings. The lowest BCUT2D eigenvalue weighted by atomic mass is 10.0. The molecule has 1 rings (SSSR count). The average Bonchev–Trinajstić information content (AvgIpc) is 2.55. The minimum Gasteiger partial charge on any atom is -0.387 e. The molecule has 0 atom stereocenters. The van der Waals surface area contributed by atoms with E-state index in [1.54, 1.807) is 7.11 Å². The van der Waals surface area contributed by atoms with E-state index in [2.05, 4.69) is 10.6 Å². The van der Waals surface area contributed by atoms with Crippen molar-refractivity contribution in [2.24, 2.45) is 0 Å². The molecule has 118 valence electrons. The molecule has 1 aromatic carbocycles. The van der Waals surface area contributed by atoms with Crippen LogP contribution in [0.2, 0.25) is 0 Å². The number of carbonyl (C=O) groups excluding carboxylic acids is 1. The molecule has 22 heavy (non-hydrogen) atoms. The van der Waals surface area contributed by atoms with E-state index in [-0.39, 0.29) is 5.57 Å². The van der Waals surface area contributed by atoms with E-state index in [4.69, 9.17) is 10.00 Å². The lowest BCUT2D eigenvalue weighted by Crippen LogP contribution is -2.20. The van der Waals surface area contributed by atoms with Crippen LogP contribution in [0.5, 0.6) is 0 Å². The lowest BCUT2D eigenvalue weighted by molar-refractivity contribution is -0.112. The number of ether oxygens (including phenoxy) is 1. The number of benzene rings is 1. The van der Waals surface area contributed by atoms with Crippen LogP contribution in [-0.4, -0.2) is 26.2 Å². The van der Waals surface area contributed by atoms with Gasteiger partial charge in [0.25, 0.3) is 5.91 Å². The summed E-state index contributed by atoms with van der Waals surface area (Å²) in [6.07, 6.45) is 3.07. The molecule has 5 heteroatoms. The Morgan fingerprint density at radius 2 is 1.95 bits per heavy atom. The molecule has 5 nitrogen and oxygen atoms in total. The Bertz CT molecular complexity index is 552. The molecule has 0 unspecified atom stereocenters. The summed E-state index contributed by atoms with van der Waals surface area (Å²) in [7, 11) is 1.59. The number of amides is 1. The van der Waals surface area contributed by atoms with Gasteiger partial charge in [0.05, 0.1) is 6.61 Å². The molecular weight excluding hydrogens is 278 g/mol. The number of nitrogens with zero attached hydrogens (tertiary/aromatic N) is 1. The van der Waals surface area contributed by atoms with E-state index in [1.807, 2.05) is 38.1 Å². The van der Waals surface area contributed by atoms with Gasteiger partial charge in [0.1, 0.15) is 11.6 Å². The maximum Gasteiger partial charge on any atom is 0.267 e. The second kappa shape index (κ2) is 9.59. The van der Waals surface area contributed by atoms with E-state index in [0.717, 1.165) is 29.7 Å². The minimum atomic E-state index is -0.400. The predicted octanol–water partition coefficient (Wildman–Crippen LogP) is 2.39. The molecule has 1 amide bonds. The fourth-order valence-corrected chi connectivity index (χ4v) is 2.07. The van der Waals surface area contributed by atoms with Crippen LogP contribution in [0.15, 0.2) is 30.0 Å². The summed E-state index contributed by atoms with van der Waals surface area (Å²) in [6, 6.07) is 7.88. The Balaban J connectivity index is 2.89. The summed E-state index contributed by atoms with van der Waals surface area (Å²) in [5.74, 6) is -0.400. The molecule has 0 saturated carbocycles. The number of hydrogen-bond acceptors (Lipinski definition) is 4. The molecule has 0 aliphatic carbocycles. The van der Waals surface area contributed by atoms with Crippen molar-refractivity contribution < 1.29 is 9.53 Å². The standard InChI is InChI=1S/C17H23N3O2/c1-4-13-7-6-8-14(5-2)16(13)20-17(21)15(11-18)12-19-9-10-22-3/h6-8,12,19H,4-5,9-10H2,1-3H3,(H,20,21)/b15-12-. The topological polar surface area (TPSA) is 74.2 Å². The number of aryl methyl sites for hydroxylation is 2. The van der Waals surface area contributed by atoms with Gasteiger partial charge in [0.2, 0.25) is 0 Å². The Hall–Kier alpha value is -2.32. The van der Waals surface area contributed by atoms with Crippen LogP contribution in [-0.2, 0) is 22.4 Å². The minimum absolute atomic E-state index is 0.0454. The van der Waals surface area contributed by atoms with Gasteiger partial charge in [0.15, 0.2) is 0 Å². The highest BCUT2D eigenvalue weighted by molar-refractivity contribution is 6.07. The largest absolute Gasteiger partial charge is 0.387 e.